The Morgan fingerprint density at radius 1 is 1.47 bits per heavy atom. The van der Waals surface area contributed by atoms with Crippen LogP contribution >= 0.6 is 0 Å². The molecule has 0 aromatic carbocycles. The van der Waals surface area contributed by atoms with Crippen molar-refractivity contribution < 1.29 is 18.8 Å². The number of hydrogen-bond acceptors (Lipinski definition) is 6. The fourth-order valence-electron chi connectivity index (χ4n) is 1.32. The number of carbonyl (C=O) groups is 1. The number of aromatic nitrogens is 3. The van der Waals surface area contributed by atoms with Crippen molar-refractivity contribution in [2.45, 2.75) is 26.4 Å². The number of pyridine rings is 1. The normalized spacial score (nSPS) is 10.7. The van der Waals surface area contributed by atoms with Gasteiger partial charge in [-0.25, -0.2) is 4.79 Å². The average molecular weight is 263 g/mol. The third-order valence-corrected chi connectivity index (χ3v) is 2.35. The lowest BCUT2D eigenvalue weighted by molar-refractivity contribution is -0.605. The van der Waals surface area contributed by atoms with Gasteiger partial charge >= 0.3 is 5.97 Å². The van der Waals surface area contributed by atoms with Gasteiger partial charge in [-0.2, -0.15) is 9.71 Å². The predicted molar refractivity (Wildman–Crippen MR) is 62.9 cm³/mol. The molecule has 7 heteroatoms. The summed E-state index contributed by atoms with van der Waals surface area (Å²) in [5.41, 5.74) is 0.291. The van der Waals surface area contributed by atoms with Crippen molar-refractivity contribution in [1.82, 2.24) is 10.1 Å². The molecule has 0 radical (unpaired) electrons. The van der Waals surface area contributed by atoms with E-state index in [1.54, 1.807) is 0 Å². The van der Waals surface area contributed by atoms with Gasteiger partial charge in [0.25, 0.3) is 0 Å². The maximum Gasteiger partial charge on any atom is 0.339 e. The molecular weight excluding hydrogens is 250 g/mol. The zero-order chi connectivity index (χ0) is 13.8. The minimum Gasteiger partial charge on any atom is -0.619 e. The largest absolute Gasteiger partial charge is 0.619 e. The molecule has 0 aliphatic carbocycles. The molecule has 0 saturated heterocycles. The minimum absolute atomic E-state index is 0.0681. The molecule has 0 fully saturated rings. The molecule has 2 heterocycles. The predicted octanol–water partition coefficient (Wildman–Crippen LogP) is 1.18. The monoisotopic (exact) mass is 263 g/mol. The van der Waals surface area contributed by atoms with Crippen LogP contribution in [0.3, 0.4) is 0 Å². The Balaban J connectivity index is 1.94. The summed E-state index contributed by atoms with van der Waals surface area (Å²) in [7, 11) is 0. The smallest absolute Gasteiger partial charge is 0.339 e. The van der Waals surface area contributed by atoms with Gasteiger partial charge in [0.1, 0.15) is 0 Å². The summed E-state index contributed by atoms with van der Waals surface area (Å²) < 4.78 is 10.6. The van der Waals surface area contributed by atoms with Crippen molar-refractivity contribution in [3.05, 3.63) is 47.0 Å². The van der Waals surface area contributed by atoms with E-state index in [2.05, 4.69) is 10.1 Å². The first-order chi connectivity index (χ1) is 9.06. The lowest BCUT2D eigenvalue weighted by Crippen LogP contribution is -2.24. The number of carbonyl (C=O) groups excluding carboxylic acids is 1. The van der Waals surface area contributed by atoms with Gasteiger partial charge in [0, 0.05) is 18.1 Å². The summed E-state index contributed by atoms with van der Waals surface area (Å²) in [4.78, 5) is 15.7. The van der Waals surface area contributed by atoms with Crippen LogP contribution in [-0.2, 0) is 11.3 Å². The maximum absolute atomic E-state index is 11.7. The average Bonchev–Trinajstić information content (AvgIpc) is 2.86. The van der Waals surface area contributed by atoms with Crippen molar-refractivity contribution in [2.24, 2.45) is 0 Å². The minimum atomic E-state index is -0.545. The van der Waals surface area contributed by atoms with Crippen LogP contribution in [0.15, 0.2) is 29.0 Å². The summed E-state index contributed by atoms with van der Waals surface area (Å²) in [6.45, 7) is 3.78. The van der Waals surface area contributed by atoms with Crippen molar-refractivity contribution in [1.29, 1.82) is 0 Å². The van der Waals surface area contributed by atoms with E-state index in [-0.39, 0.29) is 12.5 Å². The van der Waals surface area contributed by atoms with Crippen molar-refractivity contribution in [2.75, 3.05) is 0 Å². The van der Waals surface area contributed by atoms with Gasteiger partial charge < -0.3 is 14.5 Å². The molecule has 0 unspecified atom stereocenters. The van der Waals surface area contributed by atoms with E-state index in [1.807, 2.05) is 13.8 Å². The van der Waals surface area contributed by atoms with Crippen LogP contribution in [0.2, 0.25) is 0 Å². The quantitative estimate of drug-likeness (QED) is 0.467. The molecule has 2 aromatic heterocycles. The molecule has 19 heavy (non-hydrogen) atoms. The van der Waals surface area contributed by atoms with Gasteiger partial charge in [-0.1, -0.05) is 19.0 Å². The SMILES string of the molecule is CC(C)c1nc(COC(=O)c2cc[n+]([O-])cc2)no1. The van der Waals surface area contributed by atoms with Gasteiger partial charge in [0.2, 0.25) is 11.7 Å². The number of esters is 1. The molecule has 0 aliphatic heterocycles. The molecule has 0 saturated carbocycles. The first-order valence-electron chi connectivity index (χ1n) is 5.74. The maximum atomic E-state index is 11.7. The van der Waals surface area contributed by atoms with E-state index >= 15 is 0 Å². The molecule has 0 aliphatic rings. The second-order valence-electron chi connectivity index (χ2n) is 4.23. The summed E-state index contributed by atoms with van der Waals surface area (Å²) in [5, 5.41) is 14.5. The second kappa shape index (κ2) is 5.47. The van der Waals surface area contributed by atoms with Gasteiger partial charge in [-0.05, 0) is 0 Å². The second-order valence-corrected chi connectivity index (χ2v) is 4.23. The molecule has 2 aromatic rings. The Labute approximate surface area is 109 Å². The van der Waals surface area contributed by atoms with E-state index in [0.717, 1.165) is 0 Å². The molecule has 2 rings (SSSR count). The van der Waals surface area contributed by atoms with E-state index in [1.165, 1.54) is 24.5 Å². The third-order valence-electron chi connectivity index (χ3n) is 2.35. The van der Waals surface area contributed by atoms with Gasteiger partial charge in [0.15, 0.2) is 19.0 Å². The fourth-order valence-corrected chi connectivity index (χ4v) is 1.32. The van der Waals surface area contributed by atoms with E-state index in [4.69, 9.17) is 9.26 Å². The lowest BCUT2D eigenvalue weighted by atomic mass is 10.2. The number of ether oxygens (including phenoxy) is 1. The van der Waals surface area contributed by atoms with Crippen LogP contribution in [0.5, 0.6) is 0 Å². The molecule has 0 atom stereocenters. The molecule has 0 bridgehead atoms. The molecule has 100 valence electrons. The van der Waals surface area contributed by atoms with Crippen LogP contribution < -0.4 is 4.73 Å². The van der Waals surface area contributed by atoms with Gasteiger partial charge in [-0.15, -0.1) is 0 Å². The fraction of sp³-hybridized carbons (Fsp3) is 0.333. The lowest BCUT2D eigenvalue weighted by Gasteiger charge is -2.01. The zero-order valence-corrected chi connectivity index (χ0v) is 10.6. The topological polar surface area (TPSA) is 92.2 Å². The molecular formula is C12H13N3O4. The highest BCUT2D eigenvalue weighted by Crippen LogP contribution is 2.11. The van der Waals surface area contributed by atoms with E-state index in [0.29, 0.717) is 22.0 Å². The van der Waals surface area contributed by atoms with Crippen LogP contribution in [-0.4, -0.2) is 16.1 Å². The Kier molecular flexibility index (Phi) is 3.74. The Bertz CT molecular complexity index is 563. The first-order valence-corrected chi connectivity index (χ1v) is 5.74. The number of hydrogen-bond donors (Lipinski definition) is 0. The van der Waals surface area contributed by atoms with Crippen LogP contribution in [0.25, 0.3) is 0 Å². The zero-order valence-electron chi connectivity index (χ0n) is 10.6. The van der Waals surface area contributed by atoms with Crippen LogP contribution in [0, 0.1) is 5.21 Å². The Morgan fingerprint density at radius 3 is 2.74 bits per heavy atom. The van der Waals surface area contributed by atoms with Crippen molar-refractivity contribution >= 4 is 5.97 Å². The van der Waals surface area contributed by atoms with Crippen LogP contribution in [0.1, 0.15) is 41.8 Å². The highest BCUT2D eigenvalue weighted by molar-refractivity contribution is 5.88. The third kappa shape index (κ3) is 3.27. The summed E-state index contributed by atoms with van der Waals surface area (Å²) in [6, 6.07) is 2.76. The van der Waals surface area contributed by atoms with Gasteiger partial charge in [-0.3, -0.25) is 0 Å². The summed E-state index contributed by atoms with van der Waals surface area (Å²) >= 11 is 0. The highest BCUT2D eigenvalue weighted by atomic mass is 16.5. The molecule has 0 spiro atoms. The number of nitrogens with zero attached hydrogens (tertiary/aromatic N) is 3. The highest BCUT2D eigenvalue weighted by Gasteiger charge is 2.13. The Morgan fingerprint density at radius 2 is 2.16 bits per heavy atom. The summed E-state index contributed by atoms with van der Waals surface area (Å²) in [6.07, 6.45) is 2.45. The van der Waals surface area contributed by atoms with Gasteiger partial charge in [0.05, 0.1) is 5.56 Å². The van der Waals surface area contributed by atoms with E-state index in [9.17, 15) is 10.0 Å². The Hall–Kier alpha value is -2.44. The van der Waals surface area contributed by atoms with E-state index < -0.39 is 5.97 Å². The standard InChI is InChI=1S/C12H13N3O4/c1-8(2)11-13-10(14-19-11)7-18-12(16)9-3-5-15(17)6-4-9/h3-6,8H,7H2,1-2H3. The van der Waals surface area contributed by atoms with Crippen LogP contribution in [0.4, 0.5) is 0 Å². The molecule has 7 nitrogen and oxygen atoms in total. The first kappa shape index (κ1) is 13.0. The summed E-state index contributed by atoms with van der Waals surface area (Å²) in [5.74, 6) is 0.389. The van der Waals surface area contributed by atoms with Crippen molar-refractivity contribution in [3.63, 3.8) is 0 Å². The molecule has 0 N–H and O–H groups in total. The number of rotatable bonds is 4. The molecule has 0 amide bonds. The van der Waals surface area contributed by atoms with Crippen molar-refractivity contribution in [3.8, 4) is 0 Å².